The Labute approximate surface area is 200 Å². The molecule has 1 aliphatic carbocycles. The Morgan fingerprint density at radius 3 is 2.06 bits per heavy atom. The van der Waals surface area contributed by atoms with Gasteiger partial charge in [-0.15, -0.1) is 0 Å². The lowest BCUT2D eigenvalue weighted by Crippen LogP contribution is -2.59. The normalized spacial score (nSPS) is 19.4. The van der Waals surface area contributed by atoms with Gasteiger partial charge in [0.2, 0.25) is 5.91 Å². The molecule has 2 N–H and O–H groups in total. The topological polar surface area (TPSA) is 95.9 Å². The van der Waals surface area contributed by atoms with E-state index in [2.05, 4.69) is 29.6 Å². The molecular weight excluding hydrogens is 432 g/mol. The Morgan fingerprint density at radius 1 is 1.00 bits per heavy atom. The van der Waals surface area contributed by atoms with Gasteiger partial charge in [-0.2, -0.15) is 0 Å². The molecule has 4 rings (SSSR count). The molecule has 34 heavy (non-hydrogen) atoms. The summed E-state index contributed by atoms with van der Waals surface area (Å²) in [5, 5.41) is 12.3. The van der Waals surface area contributed by atoms with Crippen LogP contribution in [0.2, 0.25) is 0 Å². The van der Waals surface area contributed by atoms with Crippen molar-refractivity contribution >= 4 is 18.0 Å². The van der Waals surface area contributed by atoms with E-state index in [1.165, 1.54) is 0 Å². The summed E-state index contributed by atoms with van der Waals surface area (Å²) < 4.78 is 5.68. The fraction of sp³-hybridized carbons (Fsp3) is 0.444. The fourth-order valence-corrected chi connectivity index (χ4v) is 5.37. The maximum absolute atomic E-state index is 13.4. The predicted octanol–water partition coefficient (Wildman–Crippen LogP) is 4.26. The van der Waals surface area contributed by atoms with Gasteiger partial charge in [-0.25, -0.2) is 4.79 Å². The van der Waals surface area contributed by atoms with Crippen molar-refractivity contribution in [1.82, 2.24) is 10.2 Å². The van der Waals surface area contributed by atoms with Crippen LogP contribution < -0.4 is 5.32 Å². The Bertz CT molecular complexity index is 1050. The highest BCUT2D eigenvalue weighted by Crippen LogP contribution is 2.44. The zero-order chi connectivity index (χ0) is 24.5. The lowest BCUT2D eigenvalue weighted by molar-refractivity contribution is -0.142. The molecule has 2 atom stereocenters. The molecule has 180 valence electrons. The highest BCUT2D eigenvalue weighted by molar-refractivity contribution is 5.91. The van der Waals surface area contributed by atoms with Gasteiger partial charge >= 0.3 is 12.1 Å². The number of rotatable bonds is 7. The Morgan fingerprint density at radius 2 is 1.56 bits per heavy atom. The molecule has 2 aromatic rings. The minimum atomic E-state index is -1.13. The predicted molar refractivity (Wildman–Crippen MR) is 128 cm³/mol. The van der Waals surface area contributed by atoms with Crippen LogP contribution in [-0.4, -0.2) is 53.2 Å². The zero-order valence-electron chi connectivity index (χ0n) is 19.9. The number of carboxylic acids is 1. The van der Waals surface area contributed by atoms with Gasteiger partial charge in [0.15, 0.2) is 0 Å². The van der Waals surface area contributed by atoms with Crippen molar-refractivity contribution in [2.75, 3.05) is 19.7 Å². The molecule has 1 saturated heterocycles. The van der Waals surface area contributed by atoms with Crippen molar-refractivity contribution in [2.24, 2.45) is 11.8 Å². The fourth-order valence-electron chi connectivity index (χ4n) is 5.37. The molecule has 0 radical (unpaired) electrons. The first-order valence-electron chi connectivity index (χ1n) is 12.0. The second kappa shape index (κ2) is 9.49. The van der Waals surface area contributed by atoms with Gasteiger partial charge in [-0.3, -0.25) is 9.59 Å². The van der Waals surface area contributed by atoms with E-state index in [-0.39, 0.29) is 30.9 Å². The third-order valence-corrected chi connectivity index (χ3v) is 7.52. The highest BCUT2D eigenvalue weighted by atomic mass is 16.5. The number of aliphatic carboxylic acids is 1. The first kappa shape index (κ1) is 23.8. The van der Waals surface area contributed by atoms with Crippen LogP contribution >= 0.6 is 0 Å². The number of nitrogens with one attached hydrogen (secondary N) is 1. The van der Waals surface area contributed by atoms with Crippen LogP contribution in [0.1, 0.15) is 50.7 Å². The highest BCUT2D eigenvalue weighted by Gasteiger charge is 2.45. The van der Waals surface area contributed by atoms with Gasteiger partial charge in [0.1, 0.15) is 12.1 Å². The molecule has 1 fully saturated rings. The molecule has 7 nitrogen and oxygen atoms in total. The summed E-state index contributed by atoms with van der Waals surface area (Å²) in [6.45, 7) is 6.22. The van der Waals surface area contributed by atoms with E-state index in [1.54, 1.807) is 4.90 Å². The lowest BCUT2D eigenvalue weighted by Gasteiger charge is -2.35. The van der Waals surface area contributed by atoms with Crippen molar-refractivity contribution in [3.8, 4) is 11.1 Å². The van der Waals surface area contributed by atoms with Crippen LogP contribution in [0.3, 0.4) is 0 Å². The minimum absolute atomic E-state index is 0.0674. The van der Waals surface area contributed by atoms with E-state index >= 15 is 0 Å². The Kier molecular flexibility index (Phi) is 6.64. The van der Waals surface area contributed by atoms with Gasteiger partial charge < -0.3 is 20.1 Å². The van der Waals surface area contributed by atoms with Crippen LogP contribution in [0.15, 0.2) is 48.5 Å². The van der Waals surface area contributed by atoms with Crippen molar-refractivity contribution < 1.29 is 24.2 Å². The van der Waals surface area contributed by atoms with Gasteiger partial charge in [0.25, 0.3) is 0 Å². The number of benzene rings is 2. The van der Waals surface area contributed by atoms with Crippen LogP contribution in [0, 0.1) is 11.8 Å². The number of alkyl carbamates (subject to hydrolysis) is 1. The molecular formula is C27H32N2O5. The summed E-state index contributed by atoms with van der Waals surface area (Å²) in [4.78, 5) is 39.4. The number of carbonyl (C=O) groups is 3. The van der Waals surface area contributed by atoms with Crippen LogP contribution in [0.4, 0.5) is 4.79 Å². The summed E-state index contributed by atoms with van der Waals surface area (Å²) in [7, 11) is 0. The van der Waals surface area contributed by atoms with Crippen molar-refractivity contribution in [3.63, 3.8) is 0 Å². The number of fused-ring (bicyclic) bond motifs is 3. The number of hydrogen-bond acceptors (Lipinski definition) is 4. The minimum Gasteiger partial charge on any atom is -0.481 e. The molecule has 1 aliphatic heterocycles. The molecule has 0 saturated carbocycles. The second-order valence-electron chi connectivity index (χ2n) is 9.37. The van der Waals surface area contributed by atoms with E-state index in [0.29, 0.717) is 19.4 Å². The molecule has 7 heteroatoms. The number of ether oxygens (including phenoxy) is 1. The third-order valence-electron chi connectivity index (χ3n) is 7.52. The number of amides is 2. The summed E-state index contributed by atoms with van der Waals surface area (Å²) in [5.41, 5.74) is 3.41. The molecule has 0 bridgehead atoms. The molecule has 0 unspecified atom stereocenters. The number of carboxylic acid groups (broad SMARTS) is 1. The average Bonchev–Trinajstić information content (AvgIpc) is 3.39. The van der Waals surface area contributed by atoms with Crippen molar-refractivity contribution in [1.29, 1.82) is 0 Å². The van der Waals surface area contributed by atoms with Gasteiger partial charge in [-0.1, -0.05) is 69.3 Å². The summed E-state index contributed by atoms with van der Waals surface area (Å²) in [5.74, 6) is -1.94. The monoisotopic (exact) mass is 464 g/mol. The van der Waals surface area contributed by atoms with Crippen LogP contribution in [0.5, 0.6) is 0 Å². The van der Waals surface area contributed by atoms with Gasteiger partial charge in [-0.05, 0) is 41.0 Å². The third kappa shape index (κ3) is 4.15. The molecule has 2 aliphatic rings. The van der Waals surface area contributed by atoms with Gasteiger partial charge in [0.05, 0.1) is 5.92 Å². The first-order chi connectivity index (χ1) is 16.3. The molecule has 2 aromatic carbocycles. The SMILES string of the molecule is CCC(CC)(NC(=O)OCC1c2ccccc2-c2ccccc21)C(=O)N1C[C@H](C(=O)O)[C@@H](C)C1. The largest absolute Gasteiger partial charge is 0.481 e. The maximum Gasteiger partial charge on any atom is 0.408 e. The lowest BCUT2D eigenvalue weighted by atomic mass is 9.91. The van der Waals surface area contributed by atoms with E-state index < -0.39 is 23.5 Å². The summed E-state index contributed by atoms with van der Waals surface area (Å²) in [6.07, 6.45) is 0.130. The first-order valence-corrected chi connectivity index (χ1v) is 12.0. The maximum atomic E-state index is 13.4. The van der Waals surface area contributed by atoms with E-state index in [1.807, 2.05) is 45.0 Å². The van der Waals surface area contributed by atoms with E-state index in [0.717, 1.165) is 22.3 Å². The average molecular weight is 465 g/mol. The standard InChI is InChI=1S/C27H32N2O5/c1-4-27(5-2,25(32)29-14-17(3)22(15-29)24(30)31)28-26(33)34-16-23-20-12-8-6-10-18(20)19-11-7-9-13-21(19)23/h6-13,17,22-23H,4-5,14-16H2,1-3H3,(H,28,33)(H,30,31)/t17-,22-/m0/s1. The summed E-state index contributed by atoms with van der Waals surface area (Å²) >= 11 is 0. The summed E-state index contributed by atoms with van der Waals surface area (Å²) in [6, 6.07) is 16.2. The van der Waals surface area contributed by atoms with E-state index in [9.17, 15) is 19.5 Å². The smallest absolute Gasteiger partial charge is 0.408 e. The number of carbonyl (C=O) groups excluding carboxylic acids is 2. The second-order valence-corrected chi connectivity index (χ2v) is 9.37. The number of hydrogen-bond donors (Lipinski definition) is 2. The molecule has 0 aromatic heterocycles. The zero-order valence-corrected chi connectivity index (χ0v) is 19.9. The van der Waals surface area contributed by atoms with Crippen LogP contribution in [-0.2, 0) is 14.3 Å². The molecule has 0 spiro atoms. The Balaban J connectivity index is 1.46. The Hall–Kier alpha value is -3.35. The van der Waals surface area contributed by atoms with Crippen molar-refractivity contribution in [2.45, 2.75) is 45.1 Å². The van der Waals surface area contributed by atoms with E-state index in [4.69, 9.17) is 4.74 Å². The van der Waals surface area contributed by atoms with Crippen molar-refractivity contribution in [3.05, 3.63) is 59.7 Å². The number of likely N-dealkylation sites (tertiary alicyclic amines) is 1. The van der Waals surface area contributed by atoms with Gasteiger partial charge in [0, 0.05) is 19.0 Å². The molecule has 1 heterocycles. The number of nitrogens with zero attached hydrogens (tertiary/aromatic N) is 1. The quantitative estimate of drug-likeness (QED) is 0.638. The van der Waals surface area contributed by atoms with Crippen LogP contribution in [0.25, 0.3) is 11.1 Å². The molecule has 2 amide bonds.